The van der Waals surface area contributed by atoms with Gasteiger partial charge in [0.15, 0.2) is 0 Å². The number of nitrogens with zero attached hydrogens (tertiary/aromatic N) is 1. The van der Waals surface area contributed by atoms with E-state index in [-0.39, 0.29) is 11.6 Å². The monoisotopic (exact) mass is 233 g/mol. The Morgan fingerprint density at radius 3 is 2.47 bits per heavy atom. The first-order valence-electron chi connectivity index (χ1n) is 5.16. The number of aliphatic imine (C=N–C) groups is 1. The maximum atomic E-state index is 11.2. The summed E-state index contributed by atoms with van der Waals surface area (Å²) >= 11 is 0. The van der Waals surface area contributed by atoms with Crippen LogP contribution >= 0.6 is 0 Å². The third-order valence-electron chi connectivity index (χ3n) is 2.39. The molecule has 1 atom stereocenters. The van der Waals surface area contributed by atoms with E-state index in [1.807, 2.05) is 6.92 Å². The largest absolute Gasteiger partial charge is 0.475 e. The van der Waals surface area contributed by atoms with Crippen LogP contribution in [-0.4, -0.2) is 35.4 Å². The van der Waals surface area contributed by atoms with Crippen LogP contribution in [0.5, 0.6) is 0 Å². The molecule has 1 aliphatic heterocycles. The quantitative estimate of drug-likeness (QED) is 0.627. The number of benzene rings is 1. The van der Waals surface area contributed by atoms with Crippen LogP contribution in [0, 0.1) is 0 Å². The van der Waals surface area contributed by atoms with Gasteiger partial charge >= 0.3 is 5.97 Å². The lowest BCUT2D eigenvalue weighted by Crippen LogP contribution is -2.12. The predicted molar refractivity (Wildman–Crippen MR) is 60.4 cm³/mol. The fourth-order valence-electron chi connectivity index (χ4n) is 1.52. The van der Waals surface area contributed by atoms with Gasteiger partial charge in [-0.15, -0.1) is 0 Å². The summed E-state index contributed by atoms with van der Waals surface area (Å²) in [6, 6.07) is 6.31. The number of carboxylic acid groups (broad SMARTS) is 1. The van der Waals surface area contributed by atoms with Crippen molar-refractivity contribution in [3.8, 4) is 0 Å². The maximum absolute atomic E-state index is 11.2. The number of aliphatic carboxylic acids is 1. The van der Waals surface area contributed by atoms with Gasteiger partial charge in [0.1, 0.15) is 6.61 Å². The third-order valence-corrected chi connectivity index (χ3v) is 2.39. The van der Waals surface area contributed by atoms with Gasteiger partial charge in [0.05, 0.1) is 6.04 Å². The predicted octanol–water partition coefficient (Wildman–Crippen LogP) is 1.12. The van der Waals surface area contributed by atoms with E-state index in [2.05, 4.69) is 4.99 Å². The van der Waals surface area contributed by atoms with Crippen molar-refractivity contribution in [2.75, 3.05) is 6.61 Å². The molecule has 1 aliphatic rings. The van der Waals surface area contributed by atoms with Gasteiger partial charge in [-0.3, -0.25) is 4.79 Å². The van der Waals surface area contributed by atoms with E-state index in [9.17, 15) is 9.59 Å². The Balaban J connectivity index is 2.22. The van der Waals surface area contributed by atoms with Crippen molar-refractivity contribution in [1.82, 2.24) is 0 Å². The topological polar surface area (TPSA) is 76.0 Å². The summed E-state index contributed by atoms with van der Waals surface area (Å²) in [6.45, 7) is 2.49. The summed E-state index contributed by atoms with van der Waals surface area (Å²) < 4.78 is 5.35. The van der Waals surface area contributed by atoms with E-state index in [0.29, 0.717) is 12.5 Å². The standard InChI is InChI=1S/C12H11NO4/c1-7-6-17-11(13-7)9-4-2-8(3-5-9)10(14)12(15)16/h2-5,7H,6H2,1H3,(H,15,16). The molecule has 88 valence electrons. The fraction of sp³-hybridized carbons (Fsp3) is 0.250. The summed E-state index contributed by atoms with van der Waals surface area (Å²) in [7, 11) is 0. The zero-order valence-electron chi connectivity index (χ0n) is 9.21. The molecule has 17 heavy (non-hydrogen) atoms. The molecule has 0 aromatic heterocycles. The maximum Gasteiger partial charge on any atom is 0.377 e. The average molecular weight is 233 g/mol. The normalized spacial score (nSPS) is 18.4. The second-order valence-electron chi connectivity index (χ2n) is 3.81. The van der Waals surface area contributed by atoms with Crippen molar-refractivity contribution < 1.29 is 19.4 Å². The number of hydrogen-bond donors (Lipinski definition) is 1. The molecule has 0 fully saturated rings. The second-order valence-corrected chi connectivity index (χ2v) is 3.81. The van der Waals surface area contributed by atoms with Gasteiger partial charge in [-0.2, -0.15) is 0 Å². The van der Waals surface area contributed by atoms with Crippen LogP contribution in [0.4, 0.5) is 0 Å². The van der Waals surface area contributed by atoms with E-state index >= 15 is 0 Å². The molecule has 5 heteroatoms. The molecule has 0 bridgehead atoms. The fourth-order valence-corrected chi connectivity index (χ4v) is 1.52. The van der Waals surface area contributed by atoms with Crippen molar-refractivity contribution in [2.45, 2.75) is 13.0 Å². The van der Waals surface area contributed by atoms with Gasteiger partial charge in [0.25, 0.3) is 5.78 Å². The first-order chi connectivity index (χ1) is 8.08. The molecule has 0 amide bonds. The lowest BCUT2D eigenvalue weighted by Gasteiger charge is -2.02. The second kappa shape index (κ2) is 4.37. The minimum atomic E-state index is -1.46. The Hall–Kier alpha value is -2.17. The zero-order chi connectivity index (χ0) is 12.4. The number of ether oxygens (including phenoxy) is 1. The first-order valence-corrected chi connectivity index (χ1v) is 5.16. The molecule has 1 unspecified atom stereocenters. The van der Waals surface area contributed by atoms with Crippen molar-refractivity contribution in [3.05, 3.63) is 35.4 Å². The van der Waals surface area contributed by atoms with Crippen molar-refractivity contribution in [1.29, 1.82) is 0 Å². The van der Waals surface area contributed by atoms with Gasteiger partial charge in [-0.25, -0.2) is 9.79 Å². The van der Waals surface area contributed by atoms with Crippen LogP contribution in [0.3, 0.4) is 0 Å². The molecule has 5 nitrogen and oxygen atoms in total. The van der Waals surface area contributed by atoms with Crippen molar-refractivity contribution >= 4 is 17.7 Å². The Labute approximate surface area is 97.7 Å². The van der Waals surface area contributed by atoms with E-state index in [0.717, 1.165) is 5.56 Å². The smallest absolute Gasteiger partial charge is 0.377 e. The molecule has 1 aromatic carbocycles. The minimum Gasteiger partial charge on any atom is -0.475 e. The SMILES string of the molecule is CC1COC(c2ccc(C(=O)C(=O)O)cc2)=N1. The summed E-state index contributed by atoms with van der Waals surface area (Å²) in [5.74, 6) is -1.84. The van der Waals surface area contributed by atoms with E-state index in [1.165, 1.54) is 12.1 Å². The lowest BCUT2D eigenvalue weighted by molar-refractivity contribution is -0.131. The van der Waals surface area contributed by atoms with Crippen molar-refractivity contribution in [2.24, 2.45) is 4.99 Å². The molecule has 2 rings (SSSR count). The molecule has 1 heterocycles. The number of carbonyl (C=O) groups is 2. The summed E-state index contributed by atoms with van der Waals surface area (Å²) in [5, 5.41) is 8.55. The highest BCUT2D eigenvalue weighted by atomic mass is 16.5. The third kappa shape index (κ3) is 2.33. The molecule has 1 N–H and O–H groups in total. The highest BCUT2D eigenvalue weighted by molar-refractivity contribution is 6.39. The summed E-state index contributed by atoms with van der Waals surface area (Å²) in [6.07, 6.45) is 0. The van der Waals surface area contributed by atoms with Crippen LogP contribution in [-0.2, 0) is 9.53 Å². The van der Waals surface area contributed by atoms with E-state index < -0.39 is 11.8 Å². The number of hydrogen-bond acceptors (Lipinski definition) is 4. The van der Waals surface area contributed by atoms with Gasteiger partial charge in [0, 0.05) is 11.1 Å². The highest BCUT2D eigenvalue weighted by Crippen LogP contribution is 2.13. The zero-order valence-corrected chi connectivity index (χ0v) is 9.21. The Bertz CT molecular complexity index is 490. The number of carboxylic acids is 1. The van der Waals surface area contributed by atoms with E-state index in [1.54, 1.807) is 12.1 Å². The lowest BCUT2D eigenvalue weighted by atomic mass is 10.1. The average Bonchev–Trinajstić information content (AvgIpc) is 2.75. The highest BCUT2D eigenvalue weighted by Gasteiger charge is 2.18. The van der Waals surface area contributed by atoms with Crippen LogP contribution < -0.4 is 0 Å². The Morgan fingerprint density at radius 2 is 2.00 bits per heavy atom. The minimum absolute atomic E-state index is 0.130. The molecule has 0 aliphatic carbocycles. The van der Waals surface area contributed by atoms with Gasteiger partial charge in [-0.05, 0) is 31.2 Å². The molecular weight excluding hydrogens is 222 g/mol. The van der Waals surface area contributed by atoms with Gasteiger partial charge in [-0.1, -0.05) is 0 Å². The number of ketones is 1. The van der Waals surface area contributed by atoms with Crippen molar-refractivity contribution in [3.63, 3.8) is 0 Å². The van der Waals surface area contributed by atoms with Crippen LogP contribution in [0.25, 0.3) is 0 Å². The Morgan fingerprint density at radius 1 is 1.35 bits per heavy atom. The molecule has 0 spiro atoms. The molecular formula is C12H11NO4. The number of rotatable bonds is 3. The summed E-state index contributed by atoms with van der Waals surface area (Å²) in [5.41, 5.74) is 0.893. The molecule has 0 saturated heterocycles. The van der Waals surface area contributed by atoms with Crippen LogP contribution in [0.1, 0.15) is 22.8 Å². The molecule has 0 radical (unpaired) electrons. The van der Waals surface area contributed by atoms with E-state index in [4.69, 9.17) is 9.84 Å². The van der Waals surface area contributed by atoms with Gasteiger partial charge < -0.3 is 9.84 Å². The summed E-state index contributed by atoms with van der Waals surface area (Å²) in [4.78, 5) is 25.9. The number of Topliss-reactive ketones (excluding diaryl/α,β-unsaturated/α-hetero) is 1. The number of carbonyl (C=O) groups excluding carboxylic acids is 1. The van der Waals surface area contributed by atoms with Gasteiger partial charge in [0.2, 0.25) is 5.90 Å². The first kappa shape index (κ1) is 11.3. The Kier molecular flexibility index (Phi) is 2.91. The molecule has 0 saturated carbocycles. The van der Waals surface area contributed by atoms with Crippen LogP contribution in [0.15, 0.2) is 29.3 Å². The van der Waals surface area contributed by atoms with Crippen LogP contribution in [0.2, 0.25) is 0 Å². The molecule has 1 aromatic rings.